The van der Waals surface area contributed by atoms with E-state index in [9.17, 15) is 0 Å². The number of nitrogens with one attached hydrogen (secondary N) is 2. The van der Waals surface area contributed by atoms with Gasteiger partial charge in [0.15, 0.2) is 0 Å². The van der Waals surface area contributed by atoms with Crippen LogP contribution in [0.4, 0.5) is 0 Å². The maximum atomic E-state index is 4.75. The average molecular weight is 257 g/mol. The Balaban J connectivity index is 1.87. The Hall–Kier alpha value is -1.75. The van der Waals surface area contributed by atoms with Gasteiger partial charge in [-0.2, -0.15) is 5.10 Å². The number of aryl methyl sites for hydroxylation is 2. The zero-order chi connectivity index (χ0) is 13.2. The number of rotatable bonds is 3. The molecule has 0 bridgehead atoms. The number of H-pyrrole nitrogens is 1. The summed E-state index contributed by atoms with van der Waals surface area (Å²) in [7, 11) is 0. The molecule has 2 aromatic rings. The third-order valence-corrected chi connectivity index (χ3v) is 3.73. The van der Waals surface area contributed by atoms with E-state index in [1.54, 1.807) is 0 Å². The van der Waals surface area contributed by atoms with Gasteiger partial charge < -0.3 is 5.32 Å². The van der Waals surface area contributed by atoms with Crippen LogP contribution in [0.2, 0.25) is 0 Å². The van der Waals surface area contributed by atoms with Crippen LogP contribution in [0, 0.1) is 19.8 Å². The molecule has 1 saturated heterocycles. The molecule has 1 aliphatic rings. The lowest BCUT2D eigenvalue weighted by atomic mass is 10.0. The quantitative estimate of drug-likeness (QED) is 0.877. The number of hydrogen-bond acceptors (Lipinski definition) is 4. The Labute approximate surface area is 112 Å². The van der Waals surface area contributed by atoms with Crippen molar-refractivity contribution in [1.82, 2.24) is 25.5 Å². The van der Waals surface area contributed by atoms with Crippen LogP contribution in [-0.2, 0) is 6.42 Å². The Morgan fingerprint density at radius 3 is 2.89 bits per heavy atom. The van der Waals surface area contributed by atoms with Gasteiger partial charge in [-0.25, -0.2) is 4.98 Å². The van der Waals surface area contributed by atoms with Crippen LogP contribution in [0.5, 0.6) is 0 Å². The highest BCUT2D eigenvalue weighted by atomic mass is 15.1. The van der Waals surface area contributed by atoms with Crippen LogP contribution in [-0.4, -0.2) is 33.3 Å². The highest BCUT2D eigenvalue weighted by Crippen LogP contribution is 2.23. The van der Waals surface area contributed by atoms with E-state index in [4.69, 9.17) is 4.98 Å². The van der Waals surface area contributed by atoms with E-state index in [2.05, 4.69) is 20.5 Å². The summed E-state index contributed by atoms with van der Waals surface area (Å²) in [6.07, 6.45) is 5.94. The SMILES string of the molecule is Cc1n[nH]c(C)c1-c1cncc(C[C@@H]2CCNC2)n1. The molecule has 0 aliphatic carbocycles. The normalized spacial score (nSPS) is 18.9. The fourth-order valence-electron chi connectivity index (χ4n) is 2.74. The summed E-state index contributed by atoms with van der Waals surface area (Å²) in [5.41, 5.74) is 5.11. The fourth-order valence-corrected chi connectivity index (χ4v) is 2.74. The van der Waals surface area contributed by atoms with Crippen molar-refractivity contribution in [2.45, 2.75) is 26.7 Å². The van der Waals surface area contributed by atoms with Crippen molar-refractivity contribution in [3.05, 3.63) is 29.5 Å². The Bertz CT molecular complexity index is 549. The van der Waals surface area contributed by atoms with Gasteiger partial charge in [0.2, 0.25) is 0 Å². The van der Waals surface area contributed by atoms with Crippen molar-refractivity contribution >= 4 is 0 Å². The second-order valence-electron chi connectivity index (χ2n) is 5.27. The van der Waals surface area contributed by atoms with Gasteiger partial charge in [0, 0.05) is 17.5 Å². The predicted octanol–water partition coefficient (Wildman–Crippen LogP) is 1.64. The molecule has 3 heterocycles. The molecule has 0 radical (unpaired) electrons. The molecule has 5 nitrogen and oxygen atoms in total. The summed E-state index contributed by atoms with van der Waals surface area (Å²) in [6, 6.07) is 0. The lowest BCUT2D eigenvalue weighted by Gasteiger charge is -2.08. The number of aromatic nitrogens is 4. The van der Waals surface area contributed by atoms with Crippen molar-refractivity contribution < 1.29 is 0 Å². The van der Waals surface area contributed by atoms with Crippen molar-refractivity contribution in [3.63, 3.8) is 0 Å². The summed E-state index contributed by atoms with van der Waals surface area (Å²) in [5.74, 6) is 0.691. The summed E-state index contributed by atoms with van der Waals surface area (Å²) in [4.78, 5) is 9.09. The molecule has 0 saturated carbocycles. The number of nitrogens with zero attached hydrogens (tertiary/aromatic N) is 3. The summed E-state index contributed by atoms with van der Waals surface area (Å²) in [5, 5.41) is 10.6. The van der Waals surface area contributed by atoms with Gasteiger partial charge in [-0.1, -0.05) is 0 Å². The molecule has 0 aromatic carbocycles. The lowest BCUT2D eigenvalue weighted by molar-refractivity contribution is 0.570. The Kier molecular flexibility index (Phi) is 3.29. The first-order chi connectivity index (χ1) is 9.24. The zero-order valence-electron chi connectivity index (χ0n) is 11.4. The van der Waals surface area contributed by atoms with Crippen LogP contribution >= 0.6 is 0 Å². The number of aromatic amines is 1. The van der Waals surface area contributed by atoms with Gasteiger partial charge >= 0.3 is 0 Å². The van der Waals surface area contributed by atoms with Gasteiger partial charge in [-0.3, -0.25) is 10.1 Å². The minimum atomic E-state index is 0.691. The summed E-state index contributed by atoms with van der Waals surface area (Å²) in [6.45, 7) is 6.23. The van der Waals surface area contributed by atoms with Crippen LogP contribution in [0.3, 0.4) is 0 Å². The van der Waals surface area contributed by atoms with Crippen LogP contribution in [0.1, 0.15) is 23.5 Å². The Morgan fingerprint density at radius 1 is 1.32 bits per heavy atom. The van der Waals surface area contributed by atoms with Crippen molar-refractivity contribution in [2.75, 3.05) is 13.1 Å². The molecule has 3 rings (SSSR count). The largest absolute Gasteiger partial charge is 0.316 e. The highest BCUT2D eigenvalue weighted by Gasteiger charge is 2.17. The monoisotopic (exact) mass is 257 g/mol. The summed E-state index contributed by atoms with van der Waals surface area (Å²) >= 11 is 0. The second kappa shape index (κ2) is 5.09. The molecule has 19 heavy (non-hydrogen) atoms. The molecule has 100 valence electrons. The highest BCUT2D eigenvalue weighted by molar-refractivity contribution is 5.63. The first kappa shape index (κ1) is 12.3. The van der Waals surface area contributed by atoms with E-state index >= 15 is 0 Å². The van der Waals surface area contributed by atoms with Crippen molar-refractivity contribution in [2.24, 2.45) is 5.92 Å². The van der Waals surface area contributed by atoms with Crippen LogP contribution < -0.4 is 5.32 Å². The fraction of sp³-hybridized carbons (Fsp3) is 0.500. The number of hydrogen-bond donors (Lipinski definition) is 2. The maximum absolute atomic E-state index is 4.75. The van der Waals surface area contributed by atoms with E-state index < -0.39 is 0 Å². The van der Waals surface area contributed by atoms with E-state index in [-0.39, 0.29) is 0 Å². The first-order valence-electron chi connectivity index (χ1n) is 6.77. The molecule has 0 unspecified atom stereocenters. The molecular formula is C14H19N5. The zero-order valence-corrected chi connectivity index (χ0v) is 11.4. The molecule has 1 atom stereocenters. The minimum absolute atomic E-state index is 0.691. The van der Waals surface area contributed by atoms with E-state index in [1.807, 2.05) is 26.2 Å². The standard InChI is InChI=1S/C14H19N5/c1-9-14(10(2)19-18-9)13-8-16-7-12(17-13)5-11-3-4-15-6-11/h7-8,11,15H,3-6H2,1-2H3,(H,18,19)/t11-/m0/s1. The Morgan fingerprint density at radius 2 is 2.21 bits per heavy atom. The average Bonchev–Trinajstić information content (AvgIpc) is 3.00. The molecule has 5 heteroatoms. The topological polar surface area (TPSA) is 66.5 Å². The maximum Gasteiger partial charge on any atom is 0.0925 e. The van der Waals surface area contributed by atoms with Crippen molar-refractivity contribution in [3.8, 4) is 11.3 Å². The first-order valence-corrected chi connectivity index (χ1v) is 6.77. The smallest absolute Gasteiger partial charge is 0.0925 e. The van der Waals surface area contributed by atoms with Crippen LogP contribution in [0.15, 0.2) is 12.4 Å². The van der Waals surface area contributed by atoms with Gasteiger partial charge in [0.25, 0.3) is 0 Å². The third kappa shape index (κ3) is 2.51. The lowest BCUT2D eigenvalue weighted by Crippen LogP contribution is -2.11. The van der Waals surface area contributed by atoms with Gasteiger partial charge in [-0.15, -0.1) is 0 Å². The van der Waals surface area contributed by atoms with Gasteiger partial charge in [-0.05, 0) is 45.7 Å². The van der Waals surface area contributed by atoms with Crippen LogP contribution in [0.25, 0.3) is 11.3 Å². The summed E-state index contributed by atoms with van der Waals surface area (Å²) < 4.78 is 0. The van der Waals surface area contributed by atoms with Gasteiger partial charge in [0.1, 0.15) is 0 Å². The molecular weight excluding hydrogens is 238 g/mol. The van der Waals surface area contributed by atoms with Gasteiger partial charge in [0.05, 0.1) is 23.3 Å². The molecule has 1 fully saturated rings. The van der Waals surface area contributed by atoms with E-state index in [0.29, 0.717) is 5.92 Å². The molecule has 1 aliphatic heterocycles. The molecule has 0 amide bonds. The minimum Gasteiger partial charge on any atom is -0.316 e. The molecule has 0 spiro atoms. The van der Waals surface area contributed by atoms with E-state index in [0.717, 1.165) is 47.8 Å². The van der Waals surface area contributed by atoms with E-state index in [1.165, 1.54) is 6.42 Å². The second-order valence-corrected chi connectivity index (χ2v) is 5.27. The molecule has 2 N–H and O–H groups in total. The predicted molar refractivity (Wildman–Crippen MR) is 73.8 cm³/mol. The van der Waals surface area contributed by atoms with Crippen molar-refractivity contribution in [1.29, 1.82) is 0 Å². The third-order valence-electron chi connectivity index (χ3n) is 3.73. The molecule has 2 aromatic heterocycles.